The Balaban J connectivity index is 2.38. The highest BCUT2D eigenvalue weighted by molar-refractivity contribution is 9.11. The molecule has 0 aliphatic heterocycles. The van der Waals surface area contributed by atoms with Gasteiger partial charge in [0.15, 0.2) is 0 Å². The molecule has 0 atom stereocenters. The first kappa shape index (κ1) is 16.3. The van der Waals surface area contributed by atoms with Crippen LogP contribution in [-0.4, -0.2) is 15.5 Å². The summed E-state index contributed by atoms with van der Waals surface area (Å²) in [6.07, 6.45) is 0. The summed E-state index contributed by atoms with van der Waals surface area (Å²) in [5.41, 5.74) is 7.53. The SMILES string of the molecule is CNS(=O)(=O)c1ccc(Nc2c(Br)cccc2Br)cc1N. The lowest BCUT2D eigenvalue weighted by Gasteiger charge is -2.13. The maximum Gasteiger partial charge on any atom is 0.242 e. The van der Waals surface area contributed by atoms with Gasteiger partial charge in [0, 0.05) is 14.6 Å². The summed E-state index contributed by atoms with van der Waals surface area (Å²) in [7, 11) is -2.21. The van der Waals surface area contributed by atoms with Crippen LogP contribution in [-0.2, 0) is 10.0 Å². The topological polar surface area (TPSA) is 84.2 Å². The van der Waals surface area contributed by atoms with Gasteiger partial charge in [0.2, 0.25) is 10.0 Å². The highest BCUT2D eigenvalue weighted by atomic mass is 79.9. The maximum atomic E-state index is 11.8. The van der Waals surface area contributed by atoms with E-state index in [1.807, 2.05) is 18.2 Å². The van der Waals surface area contributed by atoms with E-state index < -0.39 is 10.0 Å². The molecule has 0 fully saturated rings. The van der Waals surface area contributed by atoms with Crippen molar-refractivity contribution in [3.63, 3.8) is 0 Å². The van der Waals surface area contributed by atoms with E-state index in [4.69, 9.17) is 5.73 Å². The number of para-hydroxylation sites is 1. The number of benzene rings is 2. The fraction of sp³-hybridized carbons (Fsp3) is 0.0769. The molecule has 2 aromatic carbocycles. The Labute approximate surface area is 140 Å². The summed E-state index contributed by atoms with van der Waals surface area (Å²) < 4.78 is 27.5. The molecule has 0 heterocycles. The van der Waals surface area contributed by atoms with E-state index >= 15 is 0 Å². The third-order valence-electron chi connectivity index (χ3n) is 2.80. The molecular formula is C13H13Br2N3O2S. The quantitative estimate of drug-likeness (QED) is 0.643. The Morgan fingerprint density at radius 1 is 1.10 bits per heavy atom. The molecule has 0 aliphatic rings. The summed E-state index contributed by atoms with van der Waals surface area (Å²) in [5.74, 6) is 0. The van der Waals surface area contributed by atoms with Crippen LogP contribution in [0.2, 0.25) is 0 Å². The van der Waals surface area contributed by atoms with E-state index in [-0.39, 0.29) is 10.6 Å². The molecule has 0 unspecified atom stereocenters. The first-order chi connectivity index (χ1) is 9.85. The lowest BCUT2D eigenvalue weighted by atomic mass is 10.2. The van der Waals surface area contributed by atoms with Crippen molar-refractivity contribution in [2.24, 2.45) is 0 Å². The normalized spacial score (nSPS) is 11.4. The third kappa shape index (κ3) is 3.57. The first-order valence-corrected chi connectivity index (χ1v) is 8.96. The molecular weight excluding hydrogens is 422 g/mol. The van der Waals surface area contributed by atoms with Gasteiger partial charge in [0.1, 0.15) is 4.90 Å². The van der Waals surface area contributed by atoms with E-state index in [2.05, 4.69) is 41.9 Å². The summed E-state index contributed by atoms with van der Waals surface area (Å²) in [6.45, 7) is 0. The molecule has 0 saturated carbocycles. The van der Waals surface area contributed by atoms with Crippen LogP contribution in [0.5, 0.6) is 0 Å². The molecule has 2 rings (SSSR count). The van der Waals surface area contributed by atoms with Crippen molar-refractivity contribution in [3.8, 4) is 0 Å². The second-order valence-electron chi connectivity index (χ2n) is 4.18. The lowest BCUT2D eigenvalue weighted by Crippen LogP contribution is -2.19. The Morgan fingerprint density at radius 3 is 2.24 bits per heavy atom. The van der Waals surface area contributed by atoms with Crippen LogP contribution in [0, 0.1) is 0 Å². The highest BCUT2D eigenvalue weighted by Gasteiger charge is 2.15. The predicted molar refractivity (Wildman–Crippen MR) is 92.2 cm³/mol. The van der Waals surface area contributed by atoms with Crippen LogP contribution in [0.15, 0.2) is 50.2 Å². The molecule has 8 heteroatoms. The summed E-state index contributed by atoms with van der Waals surface area (Å²) in [4.78, 5) is 0.0572. The number of rotatable bonds is 4. The molecule has 0 saturated heterocycles. The van der Waals surface area contributed by atoms with Crippen LogP contribution in [0.4, 0.5) is 17.1 Å². The molecule has 2 aromatic rings. The second kappa shape index (κ2) is 6.35. The number of hydrogen-bond acceptors (Lipinski definition) is 4. The zero-order valence-corrected chi connectivity index (χ0v) is 15.0. The molecule has 5 nitrogen and oxygen atoms in total. The van der Waals surface area contributed by atoms with Crippen molar-refractivity contribution in [2.75, 3.05) is 18.1 Å². The molecule has 112 valence electrons. The van der Waals surface area contributed by atoms with E-state index in [1.54, 1.807) is 12.1 Å². The largest absolute Gasteiger partial charge is 0.398 e. The van der Waals surface area contributed by atoms with Crippen LogP contribution in [0.25, 0.3) is 0 Å². The molecule has 0 aliphatic carbocycles. The average molecular weight is 435 g/mol. The summed E-state index contributed by atoms with van der Waals surface area (Å²) >= 11 is 6.90. The van der Waals surface area contributed by atoms with Crippen LogP contribution < -0.4 is 15.8 Å². The van der Waals surface area contributed by atoms with Crippen LogP contribution in [0.3, 0.4) is 0 Å². The number of nitrogens with one attached hydrogen (secondary N) is 2. The number of anilines is 3. The van der Waals surface area contributed by atoms with Gasteiger partial charge in [0.05, 0.1) is 11.4 Å². The van der Waals surface area contributed by atoms with Gasteiger partial charge in [-0.25, -0.2) is 13.1 Å². The van der Waals surface area contributed by atoms with E-state index in [9.17, 15) is 8.42 Å². The Bertz CT molecular complexity index is 759. The zero-order valence-electron chi connectivity index (χ0n) is 11.0. The summed E-state index contributed by atoms with van der Waals surface area (Å²) in [6, 6.07) is 10.4. The van der Waals surface area contributed by atoms with E-state index in [1.165, 1.54) is 13.1 Å². The minimum absolute atomic E-state index is 0.0572. The number of nitrogen functional groups attached to an aromatic ring is 1. The van der Waals surface area contributed by atoms with Gasteiger partial charge in [-0.2, -0.15) is 0 Å². The zero-order chi connectivity index (χ0) is 15.6. The Morgan fingerprint density at radius 2 is 1.71 bits per heavy atom. The molecule has 0 radical (unpaired) electrons. The van der Waals surface area contributed by atoms with E-state index in [0.717, 1.165) is 14.6 Å². The maximum absolute atomic E-state index is 11.8. The van der Waals surface area contributed by atoms with Crippen molar-refractivity contribution in [2.45, 2.75) is 4.90 Å². The van der Waals surface area contributed by atoms with Gasteiger partial charge >= 0.3 is 0 Å². The number of halogens is 2. The van der Waals surface area contributed by atoms with E-state index in [0.29, 0.717) is 5.69 Å². The van der Waals surface area contributed by atoms with Crippen molar-refractivity contribution in [1.82, 2.24) is 4.72 Å². The summed E-state index contributed by atoms with van der Waals surface area (Å²) in [5, 5.41) is 3.19. The van der Waals surface area contributed by atoms with Crippen LogP contribution >= 0.6 is 31.9 Å². The number of hydrogen-bond donors (Lipinski definition) is 3. The number of sulfonamides is 1. The van der Waals surface area contributed by atoms with Crippen LogP contribution in [0.1, 0.15) is 0 Å². The fourth-order valence-corrected chi connectivity index (χ4v) is 3.78. The standard InChI is InChI=1S/C13H13Br2N3O2S/c1-17-21(19,20)12-6-5-8(7-11(12)16)18-13-9(14)3-2-4-10(13)15/h2-7,17-18H,16H2,1H3. The van der Waals surface area contributed by atoms with Crippen molar-refractivity contribution in [3.05, 3.63) is 45.3 Å². The average Bonchev–Trinajstić information content (AvgIpc) is 2.43. The van der Waals surface area contributed by atoms with Crippen molar-refractivity contribution in [1.29, 1.82) is 0 Å². The van der Waals surface area contributed by atoms with Gasteiger partial charge < -0.3 is 11.1 Å². The van der Waals surface area contributed by atoms with Crippen molar-refractivity contribution < 1.29 is 8.42 Å². The molecule has 0 aromatic heterocycles. The van der Waals surface area contributed by atoms with Gasteiger partial charge in [-0.05, 0) is 69.2 Å². The van der Waals surface area contributed by atoms with Gasteiger partial charge in [-0.1, -0.05) is 6.07 Å². The van der Waals surface area contributed by atoms with Crippen molar-refractivity contribution >= 4 is 58.9 Å². The molecule has 0 spiro atoms. The minimum atomic E-state index is -3.56. The highest BCUT2D eigenvalue weighted by Crippen LogP contribution is 2.34. The third-order valence-corrected chi connectivity index (χ3v) is 5.61. The molecule has 0 bridgehead atoms. The molecule has 0 amide bonds. The monoisotopic (exact) mass is 433 g/mol. The predicted octanol–water partition coefficient (Wildman–Crippen LogP) is 3.45. The molecule has 4 N–H and O–H groups in total. The molecule has 21 heavy (non-hydrogen) atoms. The lowest BCUT2D eigenvalue weighted by molar-refractivity contribution is 0.588. The smallest absolute Gasteiger partial charge is 0.242 e. The fourth-order valence-electron chi connectivity index (χ4n) is 1.74. The number of nitrogens with two attached hydrogens (primary N) is 1. The van der Waals surface area contributed by atoms with Gasteiger partial charge in [-0.3, -0.25) is 0 Å². The Hall–Kier alpha value is -1.09. The second-order valence-corrected chi connectivity index (χ2v) is 7.75. The first-order valence-electron chi connectivity index (χ1n) is 5.89. The van der Waals surface area contributed by atoms with Gasteiger partial charge in [0.25, 0.3) is 0 Å². The Kier molecular flexibility index (Phi) is 4.92. The minimum Gasteiger partial charge on any atom is -0.398 e. The van der Waals surface area contributed by atoms with Gasteiger partial charge in [-0.15, -0.1) is 0 Å².